The van der Waals surface area contributed by atoms with Crippen LogP contribution in [-0.2, 0) is 26.9 Å². The van der Waals surface area contributed by atoms with Crippen molar-refractivity contribution in [2.24, 2.45) is 5.73 Å². The second kappa shape index (κ2) is 10.2. The van der Waals surface area contributed by atoms with Gasteiger partial charge in [0.1, 0.15) is 6.54 Å². The lowest BCUT2D eigenvalue weighted by molar-refractivity contribution is -0.141. The first-order valence-electron chi connectivity index (χ1n) is 10.8. The number of nitrogens with zero attached hydrogens (tertiary/aromatic N) is 2. The lowest BCUT2D eigenvalue weighted by Gasteiger charge is -2.43. The average molecular weight is 452 g/mol. The highest BCUT2D eigenvalue weighted by Gasteiger charge is 2.50. The van der Waals surface area contributed by atoms with Gasteiger partial charge in [-0.05, 0) is 15.4 Å². The van der Waals surface area contributed by atoms with E-state index in [-0.39, 0.29) is 23.6 Å². The monoisotopic (exact) mass is 451 g/mol. The SMILES string of the molecule is COC(=O)Cn1cnc(C[C@H](N)CO[Si](c2ccccc2)(c2ccccc2)C(C)(C)C)c1. The van der Waals surface area contributed by atoms with Crippen LogP contribution in [0.2, 0.25) is 5.04 Å². The normalized spacial score (nSPS) is 13.0. The second-order valence-corrected chi connectivity index (χ2v) is 13.4. The molecule has 2 aromatic carbocycles. The van der Waals surface area contributed by atoms with Crippen molar-refractivity contribution < 1.29 is 14.0 Å². The predicted octanol–water partition coefficient (Wildman–Crippen LogP) is 2.50. The molecule has 0 aliphatic rings. The fraction of sp³-hybridized carbons (Fsp3) is 0.360. The number of benzene rings is 2. The molecule has 0 aliphatic heterocycles. The molecule has 3 rings (SSSR count). The summed E-state index contributed by atoms with van der Waals surface area (Å²) in [5, 5.41) is 2.36. The van der Waals surface area contributed by atoms with E-state index in [9.17, 15) is 4.79 Å². The van der Waals surface area contributed by atoms with Gasteiger partial charge in [0, 0.05) is 18.7 Å². The van der Waals surface area contributed by atoms with Crippen LogP contribution >= 0.6 is 0 Å². The molecule has 0 unspecified atom stereocenters. The summed E-state index contributed by atoms with van der Waals surface area (Å²) in [6.07, 6.45) is 4.02. The first-order chi connectivity index (χ1) is 15.3. The van der Waals surface area contributed by atoms with Crippen molar-refractivity contribution in [1.82, 2.24) is 9.55 Å². The van der Waals surface area contributed by atoms with Gasteiger partial charge in [-0.1, -0.05) is 81.4 Å². The van der Waals surface area contributed by atoms with Crippen molar-refractivity contribution in [3.05, 3.63) is 78.9 Å². The van der Waals surface area contributed by atoms with E-state index in [1.807, 2.05) is 18.3 Å². The van der Waals surface area contributed by atoms with E-state index >= 15 is 0 Å². The van der Waals surface area contributed by atoms with Gasteiger partial charge >= 0.3 is 5.97 Å². The topological polar surface area (TPSA) is 79.4 Å². The number of imidazole rings is 1. The Kier molecular flexibility index (Phi) is 7.66. The van der Waals surface area contributed by atoms with Gasteiger partial charge in [0.25, 0.3) is 8.32 Å². The van der Waals surface area contributed by atoms with Crippen LogP contribution in [0, 0.1) is 0 Å². The van der Waals surface area contributed by atoms with E-state index in [2.05, 4.69) is 74.3 Å². The van der Waals surface area contributed by atoms with E-state index in [0.29, 0.717) is 13.0 Å². The summed E-state index contributed by atoms with van der Waals surface area (Å²) in [6, 6.07) is 20.8. The van der Waals surface area contributed by atoms with Gasteiger partial charge in [-0.3, -0.25) is 4.79 Å². The molecule has 7 heteroatoms. The zero-order valence-electron chi connectivity index (χ0n) is 19.3. The zero-order chi connectivity index (χ0) is 23.2. The summed E-state index contributed by atoms with van der Waals surface area (Å²) in [5.41, 5.74) is 7.33. The Bertz CT molecular complexity index is 961. The molecule has 0 spiro atoms. The highest BCUT2D eigenvalue weighted by molar-refractivity contribution is 6.99. The van der Waals surface area contributed by atoms with E-state index < -0.39 is 8.32 Å². The predicted molar refractivity (Wildman–Crippen MR) is 129 cm³/mol. The van der Waals surface area contributed by atoms with E-state index in [0.717, 1.165) is 5.69 Å². The molecule has 0 bridgehead atoms. The van der Waals surface area contributed by atoms with Crippen LogP contribution < -0.4 is 16.1 Å². The van der Waals surface area contributed by atoms with Gasteiger partial charge in [0.15, 0.2) is 0 Å². The van der Waals surface area contributed by atoms with Gasteiger partial charge in [-0.2, -0.15) is 0 Å². The number of hydrogen-bond donors (Lipinski definition) is 1. The van der Waals surface area contributed by atoms with E-state index in [1.54, 1.807) is 10.9 Å². The number of rotatable bonds is 9. The van der Waals surface area contributed by atoms with Crippen LogP contribution in [0.25, 0.3) is 0 Å². The number of carbonyl (C=O) groups is 1. The molecule has 170 valence electrons. The molecule has 0 radical (unpaired) electrons. The molecule has 2 N–H and O–H groups in total. The molecule has 6 nitrogen and oxygen atoms in total. The average Bonchev–Trinajstić information content (AvgIpc) is 3.21. The number of esters is 1. The molecule has 0 amide bonds. The number of nitrogens with two attached hydrogens (primary N) is 1. The van der Waals surface area contributed by atoms with Crippen LogP contribution in [0.4, 0.5) is 0 Å². The van der Waals surface area contributed by atoms with Crippen molar-refractivity contribution in [2.75, 3.05) is 13.7 Å². The molecule has 0 saturated heterocycles. The third-order valence-electron chi connectivity index (χ3n) is 5.63. The Morgan fingerprint density at radius 2 is 1.62 bits per heavy atom. The minimum absolute atomic E-state index is 0.0997. The summed E-state index contributed by atoms with van der Waals surface area (Å²) in [6.45, 7) is 7.30. The van der Waals surface area contributed by atoms with Crippen molar-refractivity contribution in [3.63, 3.8) is 0 Å². The Hall–Kier alpha value is -2.74. The summed E-state index contributed by atoms with van der Waals surface area (Å²) >= 11 is 0. The van der Waals surface area contributed by atoms with Gasteiger partial charge in [0.05, 0.1) is 25.7 Å². The molecule has 1 heterocycles. The number of aromatic nitrogens is 2. The van der Waals surface area contributed by atoms with Crippen molar-refractivity contribution in [2.45, 2.75) is 44.8 Å². The van der Waals surface area contributed by atoms with E-state index in [1.165, 1.54) is 17.5 Å². The molecular formula is C25H33N3O3Si. The Morgan fingerprint density at radius 3 is 2.12 bits per heavy atom. The minimum Gasteiger partial charge on any atom is -0.468 e. The summed E-state index contributed by atoms with van der Waals surface area (Å²) in [4.78, 5) is 15.9. The number of methoxy groups -OCH3 is 1. The van der Waals surface area contributed by atoms with Gasteiger partial charge in [-0.25, -0.2) is 4.98 Å². The van der Waals surface area contributed by atoms with Crippen LogP contribution in [0.1, 0.15) is 26.5 Å². The standard InChI is InChI=1S/C25H33N3O3Si/c1-25(2,3)32(22-11-7-5-8-12-22,23-13-9-6-10-14-23)31-18-20(26)15-21-16-28(19-27-21)17-24(29)30-4/h5-14,16,19-20H,15,17-18,26H2,1-4H3/t20-/m0/s1. The van der Waals surface area contributed by atoms with Gasteiger partial charge < -0.3 is 19.5 Å². The third kappa shape index (κ3) is 5.35. The highest BCUT2D eigenvalue weighted by atomic mass is 28.4. The van der Waals surface area contributed by atoms with E-state index in [4.69, 9.17) is 14.9 Å². The van der Waals surface area contributed by atoms with Crippen molar-refractivity contribution in [1.29, 1.82) is 0 Å². The maximum Gasteiger partial charge on any atom is 0.325 e. The maximum absolute atomic E-state index is 11.5. The maximum atomic E-state index is 11.5. The fourth-order valence-corrected chi connectivity index (χ4v) is 8.75. The molecule has 0 fully saturated rings. The van der Waals surface area contributed by atoms with Crippen LogP contribution in [0.15, 0.2) is 73.2 Å². The number of hydrogen-bond acceptors (Lipinski definition) is 5. The van der Waals surface area contributed by atoms with Crippen LogP contribution in [0.3, 0.4) is 0 Å². The summed E-state index contributed by atoms with van der Waals surface area (Å²) < 4.78 is 13.3. The van der Waals surface area contributed by atoms with Gasteiger partial charge in [-0.15, -0.1) is 0 Å². The molecule has 3 aromatic rings. The highest BCUT2D eigenvalue weighted by Crippen LogP contribution is 2.36. The molecule has 0 saturated carbocycles. The van der Waals surface area contributed by atoms with Crippen LogP contribution in [0.5, 0.6) is 0 Å². The number of carbonyl (C=O) groups excluding carboxylic acids is 1. The Morgan fingerprint density at radius 1 is 1.06 bits per heavy atom. The quantitative estimate of drug-likeness (QED) is 0.399. The third-order valence-corrected chi connectivity index (χ3v) is 10.6. The summed E-state index contributed by atoms with van der Waals surface area (Å²) in [7, 11) is -1.24. The molecule has 0 aliphatic carbocycles. The van der Waals surface area contributed by atoms with Gasteiger partial charge in [0.2, 0.25) is 0 Å². The second-order valence-electron chi connectivity index (χ2n) is 9.05. The first kappa shape index (κ1) is 23.9. The smallest absolute Gasteiger partial charge is 0.325 e. The molecule has 1 atom stereocenters. The lowest BCUT2D eigenvalue weighted by atomic mass is 10.2. The molecule has 1 aromatic heterocycles. The lowest BCUT2D eigenvalue weighted by Crippen LogP contribution is -2.67. The Labute approximate surface area is 191 Å². The Balaban J connectivity index is 1.82. The molecular weight excluding hydrogens is 418 g/mol. The summed E-state index contributed by atoms with van der Waals surface area (Å²) in [5.74, 6) is -0.312. The zero-order valence-corrected chi connectivity index (χ0v) is 20.3. The number of ether oxygens (including phenoxy) is 1. The minimum atomic E-state index is -2.62. The molecule has 32 heavy (non-hydrogen) atoms. The fourth-order valence-electron chi connectivity index (χ4n) is 4.13. The van der Waals surface area contributed by atoms with Crippen molar-refractivity contribution in [3.8, 4) is 0 Å². The first-order valence-corrected chi connectivity index (χ1v) is 12.7. The largest absolute Gasteiger partial charge is 0.468 e. The van der Waals surface area contributed by atoms with Crippen LogP contribution in [-0.4, -0.2) is 43.6 Å². The van der Waals surface area contributed by atoms with Crippen molar-refractivity contribution >= 4 is 24.7 Å².